The van der Waals surface area contributed by atoms with Crippen LogP contribution in [-0.2, 0) is 85.1 Å². The summed E-state index contributed by atoms with van der Waals surface area (Å²) in [5.74, 6) is -9.00. The number of carboxylic acid groups (broad SMARTS) is 4. The van der Waals surface area contributed by atoms with E-state index in [0.29, 0.717) is 103 Å². The number of carboxylic acids is 4. The number of aliphatic imine (C=N–C) groups is 1. The number of nitrogens with two attached hydrogens (primary N) is 6. The van der Waals surface area contributed by atoms with Crippen LogP contribution in [0.25, 0.3) is 0 Å². The fourth-order valence-corrected chi connectivity index (χ4v) is 29.4. The van der Waals surface area contributed by atoms with Crippen molar-refractivity contribution in [3.63, 3.8) is 0 Å². The van der Waals surface area contributed by atoms with Gasteiger partial charge >= 0.3 is 23.9 Å². The van der Waals surface area contributed by atoms with Crippen molar-refractivity contribution in [2.24, 2.45) is 104 Å². The fourth-order valence-electron chi connectivity index (χ4n) is 23.5. The normalized spacial score (nSPS) is 33.0. The maximum atomic E-state index is 13.2. The number of carbonyl (C=O) groups excluding carboxylic acids is 11. The van der Waals surface area contributed by atoms with Gasteiger partial charge in [-0.25, -0.2) is 33.5 Å². The zero-order valence-corrected chi connectivity index (χ0v) is 84.5. The highest BCUT2D eigenvalue weighted by Crippen LogP contribution is 2.58. The second-order valence-corrected chi connectivity index (χ2v) is 46.0. The third-order valence-corrected chi connectivity index (χ3v) is 36.5. The Morgan fingerprint density at radius 1 is 0.496 bits per heavy atom. The van der Waals surface area contributed by atoms with E-state index >= 15 is 0 Å². The maximum absolute atomic E-state index is 13.2. The molecule has 0 aliphatic carbocycles. The van der Waals surface area contributed by atoms with Crippen LogP contribution in [0.3, 0.4) is 0 Å². The number of likely N-dealkylation sites (tertiary alicyclic amines) is 3. The van der Waals surface area contributed by atoms with Gasteiger partial charge in [0.2, 0.25) is 47.3 Å². The van der Waals surface area contributed by atoms with E-state index in [1.165, 1.54) is 77.7 Å². The summed E-state index contributed by atoms with van der Waals surface area (Å²) < 4.78 is 2.90. The van der Waals surface area contributed by atoms with Crippen molar-refractivity contribution in [1.29, 1.82) is 0 Å². The molecule has 21 N–H and O–H groups in total. The van der Waals surface area contributed by atoms with E-state index in [1.54, 1.807) is 34.8 Å². The van der Waals surface area contributed by atoms with Crippen LogP contribution in [0.5, 0.6) is 0 Å². The Labute approximate surface area is 833 Å². The molecular weight excluding hydrogens is 1910 g/mol. The molecule has 0 aromatic carbocycles. The van der Waals surface area contributed by atoms with Gasteiger partial charge in [0.05, 0.1) is 97.4 Å². The predicted octanol–water partition coefficient (Wildman–Crippen LogP) is -2.12. The van der Waals surface area contributed by atoms with Crippen molar-refractivity contribution in [3.05, 3.63) is 60.6 Å². The van der Waals surface area contributed by atoms with Crippen LogP contribution < -0.4 is 55.7 Å². The number of piperidine rings is 1. The monoisotopic (exact) mass is 2040 g/mol. The number of likely N-dealkylation sites (N-methyl/N-ethyl adjacent to an activating group) is 1. The van der Waals surface area contributed by atoms with Gasteiger partial charge < -0.3 is 120 Å². The Hall–Kier alpha value is -9.87. The standard InChI is InChI=1S/C24H34N8O5S.C24H37N5O5S.C23H35N7O5S.C20H28N6O5S/c1-11(4-15(33)9-30-10-27-28-29-30)18-19-13(3)21(20(24(36)37)32(19)23(18)35)38-16-6-17(26-7-16)22(34)31-8-14(25)5-12(31)2;1-11(6-15(30)9-25)18-19-13(3)21(20(24(33)34)29(19)23(18)32)35-16-8-17(27-10-16)22(31)28-5-4-14(26)7-12(28)2;1-10(5-13(31)7-28-23(25)26)16-17-11(2)19(18(22(34)35)30(17)21(16)33)36-14-6-15(27-8-14)20(32)29-4-3-12(24)9-29;1-9-15-14(10(2)25-7-11(8-27)22-23-25)19(29)26(15)16(20(30)31)17(9)32-12-5-13(21-6-12)18(28)24(3)4/h10-14,16-19,26H,4-9,25H2,1-3H3,(H,36,37);11-14,16-19,27H,4-10,25-26H2,1-3H3,(H,33,34);10-12,14-17,27H,3-9,24H2,1-2H3,(H,34,35)(H4,25,26,28);7,9-10,12-15,21,27H,5-6,8H2,1-4H3,(H,30,31)/t11-,12+,13+,14-,16-,17-,18+,19+;11-,12?,13+,14?,16-,17-,18+,19-;10-,11+,12-,14-,15-,16+,17-;9-,10-,12+,13+,14-,15+/m0001/s1. The molecule has 141 heavy (non-hydrogen) atoms. The number of amides is 8. The molecule has 46 nitrogen and oxygen atoms in total. The van der Waals surface area contributed by atoms with E-state index in [-0.39, 0.29) is 286 Å². The largest absolute Gasteiger partial charge is 0.477 e. The average Bonchev–Trinajstić information content (AvgIpc) is 1.54. The van der Waals surface area contributed by atoms with E-state index in [1.807, 2.05) is 79.0 Å². The van der Waals surface area contributed by atoms with Crippen LogP contribution in [0.15, 0.2) is 59.9 Å². The van der Waals surface area contributed by atoms with Crippen molar-refractivity contribution in [1.82, 2.24) is 95.7 Å². The zero-order chi connectivity index (χ0) is 103. The number of aliphatic carboxylic acids is 4. The van der Waals surface area contributed by atoms with Crippen LogP contribution in [0.1, 0.15) is 152 Å². The first-order valence-electron chi connectivity index (χ1n) is 48.5. The van der Waals surface area contributed by atoms with E-state index in [4.69, 9.17) is 34.4 Å². The lowest BCUT2D eigenvalue weighted by molar-refractivity contribution is -0.160. The summed E-state index contributed by atoms with van der Waals surface area (Å²) in [6, 6.07) is -2.35. The highest BCUT2D eigenvalue weighted by Gasteiger charge is 2.66. The highest BCUT2D eigenvalue weighted by atomic mass is 32.2. The van der Waals surface area contributed by atoms with Crippen molar-refractivity contribution < 1.29 is 97.5 Å². The number of aliphatic hydroxyl groups is 1. The second-order valence-electron chi connectivity index (χ2n) is 40.6. The number of guanidine groups is 1. The van der Waals surface area contributed by atoms with Gasteiger partial charge in [-0.15, -0.1) is 57.2 Å². The molecule has 2 unspecified atom stereocenters. The number of β-lactam (4-membered cyclic amide) rings is 4. The minimum atomic E-state index is -1.14. The molecule has 11 saturated heterocycles. The number of Topliss-reactive ketones (excluding diaryl/α,β-unsaturated/α-hetero) is 3. The summed E-state index contributed by atoms with van der Waals surface area (Å²) in [5, 5.41) is 81.0. The van der Waals surface area contributed by atoms with Gasteiger partial charge in [-0.2, -0.15) is 0 Å². The molecule has 8 amide bonds. The molecule has 2 aromatic heterocycles. The summed E-state index contributed by atoms with van der Waals surface area (Å²) in [5.41, 5.74) is 34.6. The van der Waals surface area contributed by atoms with E-state index < -0.39 is 47.5 Å². The van der Waals surface area contributed by atoms with Crippen LogP contribution in [0.4, 0.5) is 0 Å². The maximum Gasteiger partial charge on any atom is 0.353 e. The molecule has 0 bridgehead atoms. The average molecular weight is 2040 g/mol. The molecular formula is C91H134N26O20S4. The Balaban J connectivity index is 0.000000150. The SMILES string of the molecule is CC1CC(N)CCN1C(=O)[C@@H]1C[C@H](SC2=C(C(=O)O)N3C(=O)[C@H]([C@@H](C)CC(=O)CN)[C@@H]3[C@H]2C)CN1.C[C@@H](CC(=O)CN=C(N)N)[C@H]1C(=O)N2C(C(=O)O)=C(S[C@@H]3CN[C@H](C(=O)N4CC[C@H](N)C4)C3)[C@H](C)[C@@H]12.C[C@@H]1C[C@H](N)CN1C(=O)[C@@H]1C[C@H](SC2=C(C(=O)O)N3C(=O)[C@H]([C@@H](C)CC(=O)Cn4cnnn4)[C@H]3[C@H]2C)CN1.C[C@H]([C@H]1C(=O)N2C(C(=O)O)=C(S[C@@H]3CN[C@H](C(=O)N(C)C)C3)[C@H](C)[C@@H]12)n1cc(CO)nn1. The quantitative estimate of drug-likeness (QED) is 0.0206. The van der Waals surface area contributed by atoms with Crippen LogP contribution >= 0.6 is 47.0 Å². The smallest absolute Gasteiger partial charge is 0.353 e. The molecule has 17 rings (SSSR count). The molecule has 29 atom stereocenters. The van der Waals surface area contributed by atoms with Gasteiger partial charge in [-0.3, -0.25) is 52.7 Å². The van der Waals surface area contributed by atoms with Gasteiger partial charge in [0.25, 0.3) is 0 Å². The summed E-state index contributed by atoms with van der Waals surface area (Å²) in [6.45, 7) is 23.6. The number of aromatic nitrogens is 7. The minimum absolute atomic E-state index is 0.00275. The molecule has 772 valence electrons. The summed E-state index contributed by atoms with van der Waals surface area (Å²) in [4.78, 5) is 208. The molecule has 0 saturated carbocycles. The Kier molecular flexibility index (Phi) is 33.6. The van der Waals surface area contributed by atoms with Gasteiger partial charge in [-0.1, -0.05) is 53.7 Å². The third-order valence-electron chi connectivity index (χ3n) is 30.5. The lowest BCUT2D eigenvalue weighted by atomic mass is 9.73. The zero-order valence-electron chi connectivity index (χ0n) is 81.3. The Bertz CT molecular complexity index is 5370. The molecule has 50 heteroatoms. The van der Waals surface area contributed by atoms with Crippen molar-refractivity contribution in [2.75, 3.05) is 79.5 Å². The third kappa shape index (κ3) is 21.8. The van der Waals surface area contributed by atoms with E-state index in [2.05, 4.69) is 52.1 Å². The van der Waals surface area contributed by atoms with Crippen molar-refractivity contribution in [3.8, 4) is 0 Å². The number of rotatable bonds is 33. The summed E-state index contributed by atoms with van der Waals surface area (Å²) in [7, 11) is 3.43. The first-order chi connectivity index (χ1) is 66.7. The topological polar surface area (TPSA) is 674 Å². The molecule has 15 aliphatic heterocycles. The van der Waals surface area contributed by atoms with Crippen molar-refractivity contribution >= 4 is 141 Å². The van der Waals surface area contributed by atoms with Gasteiger partial charge in [0.1, 0.15) is 53.7 Å². The first-order valence-corrected chi connectivity index (χ1v) is 52.0. The number of thioether (sulfide) groups is 4. The fraction of sp³-hybridized carbons (Fsp3) is 0.703. The lowest BCUT2D eigenvalue weighted by Gasteiger charge is -2.47. The summed E-state index contributed by atoms with van der Waals surface area (Å²) in [6.07, 6.45) is 9.03. The van der Waals surface area contributed by atoms with Crippen LogP contribution in [-0.4, -0.2) is 373 Å². The predicted molar refractivity (Wildman–Crippen MR) is 518 cm³/mol. The first kappa shape index (κ1) is 107. The number of tetrazole rings is 1. The Morgan fingerprint density at radius 3 is 1.26 bits per heavy atom. The van der Waals surface area contributed by atoms with Crippen LogP contribution in [0.2, 0.25) is 0 Å². The number of nitrogens with one attached hydrogen (secondary N) is 4. The number of hydrogen-bond acceptors (Lipinski definition) is 34. The van der Waals surface area contributed by atoms with E-state index in [0.717, 1.165) is 25.7 Å². The molecule has 0 radical (unpaired) electrons. The van der Waals surface area contributed by atoms with Crippen molar-refractivity contribution in [2.45, 2.75) is 259 Å². The van der Waals surface area contributed by atoms with E-state index in [9.17, 15) is 97.5 Å². The van der Waals surface area contributed by atoms with Gasteiger partial charge in [-0.05, 0) is 100 Å². The Morgan fingerprint density at radius 2 is 0.887 bits per heavy atom. The molecule has 2 aromatic rings. The molecule has 11 fully saturated rings. The lowest BCUT2D eigenvalue weighted by Crippen LogP contribution is -2.62. The minimum Gasteiger partial charge on any atom is -0.477 e. The van der Waals surface area contributed by atoms with Crippen LogP contribution in [0, 0.1) is 65.1 Å². The molecule has 17 heterocycles. The molecule has 15 aliphatic rings. The second kappa shape index (κ2) is 44.4. The molecule has 0 spiro atoms. The number of ketones is 3. The van der Waals surface area contributed by atoms with Gasteiger partial charge in [0, 0.05) is 180 Å². The number of carbonyl (C=O) groups is 15. The number of hydrogen-bond donors (Lipinski definition) is 15. The number of nitrogens with zero attached hydrogens (tertiary/aromatic N) is 16. The number of fused-ring (bicyclic) bond motifs is 4. The van der Waals surface area contributed by atoms with Gasteiger partial charge in [0.15, 0.2) is 17.5 Å². The summed E-state index contributed by atoms with van der Waals surface area (Å²) >= 11 is 5.84. The number of aliphatic hydroxyl groups excluding tert-OH is 1. The highest BCUT2D eigenvalue weighted by molar-refractivity contribution is 8.04.